The lowest BCUT2D eigenvalue weighted by Crippen LogP contribution is -2.41. The fourth-order valence-corrected chi connectivity index (χ4v) is 2.68. The summed E-state index contributed by atoms with van der Waals surface area (Å²) in [6, 6.07) is 0. The minimum Gasteiger partial charge on any atom is -0.377 e. The van der Waals surface area contributed by atoms with Gasteiger partial charge in [0.1, 0.15) is 0 Å². The summed E-state index contributed by atoms with van der Waals surface area (Å²) in [5, 5.41) is 3.51. The molecule has 1 N–H and O–H groups in total. The van der Waals surface area contributed by atoms with E-state index < -0.39 is 0 Å². The monoisotopic (exact) mass is 240 g/mol. The van der Waals surface area contributed by atoms with Crippen LogP contribution in [0, 0.1) is 0 Å². The Kier molecular flexibility index (Phi) is 3.73. The first-order valence-corrected chi connectivity index (χ1v) is 6.83. The van der Waals surface area contributed by atoms with Crippen LogP contribution in [0.1, 0.15) is 46.5 Å². The number of nitrogens with one attached hydrogen (secondary N) is 1. The quantitative estimate of drug-likeness (QED) is 0.765. The van der Waals surface area contributed by atoms with E-state index in [-0.39, 0.29) is 17.8 Å². The molecule has 0 radical (unpaired) electrons. The van der Waals surface area contributed by atoms with Crippen LogP contribution in [-0.4, -0.2) is 41.8 Å². The molecule has 2 fully saturated rings. The lowest BCUT2D eigenvalue weighted by Gasteiger charge is -2.26. The highest BCUT2D eigenvalue weighted by Gasteiger charge is 2.58. The number of carbonyl (C=O) groups excluding carboxylic acids is 1. The van der Waals surface area contributed by atoms with Gasteiger partial charge in [0.05, 0.1) is 17.8 Å². The molecule has 2 rings (SSSR count). The van der Waals surface area contributed by atoms with Crippen LogP contribution in [0.2, 0.25) is 0 Å². The molecular weight excluding hydrogens is 216 g/mol. The minimum atomic E-state index is -0.189. The van der Waals surface area contributed by atoms with Crippen molar-refractivity contribution in [3.63, 3.8) is 0 Å². The number of ether oxygens (including phenoxy) is 1. The molecule has 1 amide bonds. The highest BCUT2D eigenvalue weighted by Crippen LogP contribution is 2.42. The van der Waals surface area contributed by atoms with Crippen molar-refractivity contribution in [1.29, 1.82) is 0 Å². The molecule has 17 heavy (non-hydrogen) atoms. The minimum absolute atomic E-state index is 0.124. The summed E-state index contributed by atoms with van der Waals surface area (Å²) in [7, 11) is 0. The first-order valence-electron chi connectivity index (χ1n) is 6.83. The zero-order valence-electron chi connectivity index (χ0n) is 11.2. The summed E-state index contributed by atoms with van der Waals surface area (Å²) >= 11 is 0. The van der Waals surface area contributed by atoms with Crippen LogP contribution in [0.4, 0.5) is 0 Å². The van der Waals surface area contributed by atoms with Crippen molar-refractivity contribution in [3.05, 3.63) is 0 Å². The van der Waals surface area contributed by atoms with Crippen molar-refractivity contribution >= 4 is 5.91 Å². The van der Waals surface area contributed by atoms with Crippen molar-refractivity contribution in [3.8, 4) is 0 Å². The lowest BCUT2D eigenvalue weighted by atomic mass is 10.2. The maximum Gasteiger partial charge on any atom is 0.244 e. The van der Waals surface area contributed by atoms with Gasteiger partial charge in [-0.05, 0) is 33.1 Å². The summed E-state index contributed by atoms with van der Waals surface area (Å²) in [5.41, 5.74) is -0.189. The predicted molar refractivity (Wildman–Crippen MR) is 66.6 cm³/mol. The van der Waals surface area contributed by atoms with E-state index in [9.17, 15) is 4.79 Å². The zero-order valence-corrected chi connectivity index (χ0v) is 11.2. The molecule has 1 saturated carbocycles. The van der Waals surface area contributed by atoms with Crippen LogP contribution >= 0.6 is 0 Å². The zero-order chi connectivity index (χ0) is 12.5. The van der Waals surface area contributed by atoms with Gasteiger partial charge in [-0.15, -0.1) is 0 Å². The Labute approximate surface area is 104 Å². The molecule has 4 nitrogen and oxygen atoms in total. The molecule has 1 saturated heterocycles. The highest BCUT2D eigenvalue weighted by molar-refractivity contribution is 5.91. The first kappa shape index (κ1) is 12.8. The van der Waals surface area contributed by atoms with Gasteiger partial charge in [-0.2, -0.15) is 0 Å². The van der Waals surface area contributed by atoms with Gasteiger partial charge in [0.25, 0.3) is 0 Å². The van der Waals surface area contributed by atoms with E-state index >= 15 is 0 Å². The molecule has 2 atom stereocenters. The van der Waals surface area contributed by atoms with Crippen LogP contribution in [-0.2, 0) is 9.53 Å². The van der Waals surface area contributed by atoms with Crippen LogP contribution in [0.5, 0.6) is 0 Å². The van der Waals surface area contributed by atoms with Crippen LogP contribution in [0.3, 0.4) is 0 Å². The highest BCUT2D eigenvalue weighted by atomic mass is 16.5. The third kappa shape index (κ3) is 2.47. The van der Waals surface area contributed by atoms with Gasteiger partial charge in [0.15, 0.2) is 0 Å². The van der Waals surface area contributed by atoms with Gasteiger partial charge >= 0.3 is 0 Å². The number of hydrogen-bond donors (Lipinski definition) is 1. The van der Waals surface area contributed by atoms with Gasteiger partial charge in [-0.25, -0.2) is 0 Å². The second-order valence-electron chi connectivity index (χ2n) is 5.25. The molecule has 2 unspecified atom stereocenters. The van der Waals surface area contributed by atoms with E-state index in [2.05, 4.69) is 12.2 Å². The van der Waals surface area contributed by atoms with Gasteiger partial charge < -0.3 is 9.64 Å². The molecule has 0 aromatic heterocycles. The molecule has 0 bridgehead atoms. The number of rotatable bonds is 6. The van der Waals surface area contributed by atoms with E-state index in [1.165, 1.54) is 0 Å². The number of carbonyl (C=O) groups is 1. The molecule has 98 valence electrons. The Bertz CT molecular complexity index is 289. The van der Waals surface area contributed by atoms with Crippen molar-refractivity contribution in [2.45, 2.75) is 64.3 Å². The molecule has 4 heteroatoms. The maximum absolute atomic E-state index is 12.3. The third-order valence-corrected chi connectivity index (χ3v) is 3.71. The Morgan fingerprint density at radius 3 is 2.76 bits per heavy atom. The van der Waals surface area contributed by atoms with E-state index in [1.807, 2.05) is 18.7 Å². The molecule has 1 heterocycles. The molecule has 2 aliphatic rings. The molecule has 1 aliphatic heterocycles. The molecule has 0 aromatic carbocycles. The van der Waals surface area contributed by atoms with Crippen LogP contribution < -0.4 is 5.32 Å². The van der Waals surface area contributed by atoms with Gasteiger partial charge in [0.2, 0.25) is 5.91 Å². The molecule has 1 spiro atoms. The summed E-state index contributed by atoms with van der Waals surface area (Å²) in [6.07, 6.45) is 4.49. The summed E-state index contributed by atoms with van der Waals surface area (Å²) in [6.45, 7) is 7.62. The van der Waals surface area contributed by atoms with Crippen molar-refractivity contribution in [1.82, 2.24) is 10.2 Å². The van der Waals surface area contributed by atoms with Gasteiger partial charge in [0, 0.05) is 13.2 Å². The topological polar surface area (TPSA) is 41.6 Å². The smallest absolute Gasteiger partial charge is 0.244 e. The summed E-state index contributed by atoms with van der Waals surface area (Å²) in [5.74, 6) is 0.294. The Hall–Kier alpha value is -0.610. The van der Waals surface area contributed by atoms with Crippen LogP contribution in [0.25, 0.3) is 0 Å². The normalized spacial score (nSPS) is 27.8. The maximum atomic E-state index is 12.3. The van der Waals surface area contributed by atoms with Gasteiger partial charge in [-0.1, -0.05) is 13.3 Å². The second-order valence-corrected chi connectivity index (χ2v) is 5.25. The van der Waals surface area contributed by atoms with Crippen molar-refractivity contribution < 1.29 is 9.53 Å². The summed E-state index contributed by atoms with van der Waals surface area (Å²) < 4.78 is 5.55. The SMILES string of the molecule is CCCC1NC2(CC2)C(=O)N1CC(C)OCC. The average Bonchev–Trinajstić information content (AvgIpc) is 3.01. The van der Waals surface area contributed by atoms with Crippen molar-refractivity contribution in [2.24, 2.45) is 0 Å². The average molecular weight is 240 g/mol. The fraction of sp³-hybridized carbons (Fsp3) is 0.923. The third-order valence-electron chi connectivity index (χ3n) is 3.71. The number of hydrogen-bond acceptors (Lipinski definition) is 3. The molecular formula is C13H24N2O2. The number of nitrogens with zero attached hydrogens (tertiary/aromatic N) is 1. The number of amides is 1. The predicted octanol–water partition coefficient (Wildman–Crippen LogP) is 1.50. The second kappa shape index (κ2) is 4.94. The van der Waals surface area contributed by atoms with E-state index in [0.29, 0.717) is 19.1 Å². The van der Waals surface area contributed by atoms with Gasteiger partial charge in [-0.3, -0.25) is 10.1 Å². The Morgan fingerprint density at radius 2 is 2.24 bits per heavy atom. The molecule has 0 aromatic rings. The van der Waals surface area contributed by atoms with E-state index in [4.69, 9.17) is 4.74 Å². The Morgan fingerprint density at radius 1 is 1.53 bits per heavy atom. The lowest BCUT2D eigenvalue weighted by molar-refractivity contribution is -0.132. The largest absolute Gasteiger partial charge is 0.377 e. The van der Waals surface area contributed by atoms with Crippen LogP contribution in [0.15, 0.2) is 0 Å². The van der Waals surface area contributed by atoms with Crippen molar-refractivity contribution in [2.75, 3.05) is 13.2 Å². The Balaban J connectivity index is 1.98. The van der Waals surface area contributed by atoms with E-state index in [0.717, 1.165) is 25.7 Å². The fourth-order valence-electron chi connectivity index (χ4n) is 2.68. The van der Waals surface area contributed by atoms with E-state index in [1.54, 1.807) is 0 Å². The first-order chi connectivity index (χ1) is 8.13. The standard InChI is InChI=1S/C13H24N2O2/c1-4-6-11-14-13(7-8-13)12(16)15(11)9-10(3)17-5-2/h10-11,14H,4-9H2,1-3H3. The molecule has 1 aliphatic carbocycles. The summed E-state index contributed by atoms with van der Waals surface area (Å²) in [4.78, 5) is 14.3.